The van der Waals surface area contributed by atoms with E-state index in [1.165, 1.54) is 11.1 Å². The van der Waals surface area contributed by atoms with Crippen LogP contribution in [-0.4, -0.2) is 25.2 Å². The molecule has 3 rings (SSSR count). The maximum atomic E-state index is 5.99. The number of fused-ring (bicyclic) bond motifs is 1. The number of anilines is 1. The van der Waals surface area contributed by atoms with Crippen LogP contribution in [0.15, 0.2) is 48.5 Å². The average molecular weight is 310 g/mol. The maximum Gasteiger partial charge on any atom is 0.143 e. The first-order chi connectivity index (χ1) is 11.1. The van der Waals surface area contributed by atoms with Crippen molar-refractivity contribution in [3.8, 4) is 5.75 Å². The fourth-order valence-corrected chi connectivity index (χ4v) is 2.84. The zero-order chi connectivity index (χ0) is 16.1. The summed E-state index contributed by atoms with van der Waals surface area (Å²) in [6.45, 7) is 7.07. The summed E-state index contributed by atoms with van der Waals surface area (Å²) in [6.07, 6.45) is 2.11. The third-order valence-corrected chi connectivity index (χ3v) is 4.16. The summed E-state index contributed by atoms with van der Waals surface area (Å²) < 4.78 is 5.99. The quantitative estimate of drug-likeness (QED) is 0.799. The number of rotatable bonds is 6. The molecule has 0 radical (unpaired) electrons. The minimum absolute atomic E-state index is 0.131. The van der Waals surface area contributed by atoms with E-state index in [0.717, 1.165) is 43.9 Å². The van der Waals surface area contributed by atoms with E-state index in [9.17, 15) is 0 Å². The van der Waals surface area contributed by atoms with E-state index < -0.39 is 0 Å². The fraction of sp³-hybridized carbons (Fsp3) is 0.400. The molecule has 1 aliphatic rings. The summed E-state index contributed by atoms with van der Waals surface area (Å²) in [7, 11) is 0. The summed E-state index contributed by atoms with van der Waals surface area (Å²) in [5.74, 6) is 0.960. The van der Waals surface area contributed by atoms with Gasteiger partial charge in [0, 0.05) is 0 Å². The lowest BCUT2D eigenvalue weighted by atomic mass is 10.0. The van der Waals surface area contributed by atoms with Gasteiger partial charge in [-0.3, -0.25) is 0 Å². The third kappa shape index (κ3) is 4.49. The van der Waals surface area contributed by atoms with E-state index in [-0.39, 0.29) is 5.60 Å². The molecule has 0 atom stereocenters. The van der Waals surface area contributed by atoms with Crippen LogP contribution < -0.4 is 15.4 Å². The van der Waals surface area contributed by atoms with Gasteiger partial charge in [0.15, 0.2) is 0 Å². The van der Waals surface area contributed by atoms with Crippen molar-refractivity contribution in [2.24, 2.45) is 0 Å². The van der Waals surface area contributed by atoms with Crippen LogP contribution in [0.2, 0.25) is 0 Å². The van der Waals surface area contributed by atoms with Gasteiger partial charge in [-0.1, -0.05) is 36.4 Å². The Hall–Kier alpha value is -2.00. The van der Waals surface area contributed by atoms with Crippen LogP contribution in [0.25, 0.3) is 0 Å². The van der Waals surface area contributed by atoms with Gasteiger partial charge in [-0.05, 0) is 63.0 Å². The standard InChI is InChI=1S/C20H26N2O/c1-20(2)15-22-18-14-17(8-9-19(18)23-20)11-13-21-12-10-16-6-4-3-5-7-16/h3-9,14,21-22H,10-13,15H2,1-2H3. The molecule has 1 heterocycles. The molecule has 1 aliphatic heterocycles. The van der Waals surface area contributed by atoms with E-state index in [4.69, 9.17) is 4.74 Å². The van der Waals surface area contributed by atoms with Crippen molar-refractivity contribution >= 4 is 5.69 Å². The Morgan fingerprint density at radius 2 is 1.74 bits per heavy atom. The number of nitrogens with one attached hydrogen (secondary N) is 2. The Balaban J connectivity index is 1.44. The highest BCUT2D eigenvalue weighted by Gasteiger charge is 2.25. The van der Waals surface area contributed by atoms with Gasteiger partial charge in [-0.15, -0.1) is 0 Å². The molecule has 0 aliphatic carbocycles. The summed E-state index contributed by atoms with van der Waals surface area (Å²) >= 11 is 0. The molecule has 2 aromatic carbocycles. The normalized spacial score (nSPS) is 15.4. The molecule has 0 aromatic heterocycles. The first kappa shape index (κ1) is 15.9. The molecular formula is C20H26N2O. The van der Waals surface area contributed by atoms with Crippen molar-refractivity contribution in [1.82, 2.24) is 5.32 Å². The van der Waals surface area contributed by atoms with E-state index in [2.05, 4.69) is 73.0 Å². The molecule has 3 heteroatoms. The minimum atomic E-state index is -0.131. The van der Waals surface area contributed by atoms with Crippen LogP contribution in [0.3, 0.4) is 0 Å². The van der Waals surface area contributed by atoms with Gasteiger partial charge in [0.1, 0.15) is 11.4 Å². The lowest BCUT2D eigenvalue weighted by Gasteiger charge is -2.33. The van der Waals surface area contributed by atoms with Gasteiger partial charge >= 0.3 is 0 Å². The molecule has 0 bridgehead atoms. The van der Waals surface area contributed by atoms with Crippen LogP contribution in [-0.2, 0) is 12.8 Å². The Labute approximate surface area is 139 Å². The summed E-state index contributed by atoms with van der Waals surface area (Å²) in [4.78, 5) is 0. The van der Waals surface area contributed by atoms with Crippen molar-refractivity contribution in [3.63, 3.8) is 0 Å². The highest BCUT2D eigenvalue weighted by atomic mass is 16.5. The van der Waals surface area contributed by atoms with Crippen LogP contribution in [0.1, 0.15) is 25.0 Å². The second kappa shape index (κ2) is 7.05. The van der Waals surface area contributed by atoms with Crippen LogP contribution >= 0.6 is 0 Å². The predicted molar refractivity (Wildman–Crippen MR) is 96.4 cm³/mol. The highest BCUT2D eigenvalue weighted by molar-refractivity contribution is 5.60. The van der Waals surface area contributed by atoms with E-state index in [1.54, 1.807) is 0 Å². The van der Waals surface area contributed by atoms with Gasteiger partial charge < -0.3 is 15.4 Å². The molecule has 122 valence electrons. The molecule has 0 fully saturated rings. The molecule has 0 unspecified atom stereocenters. The first-order valence-corrected chi connectivity index (χ1v) is 8.43. The fourth-order valence-electron chi connectivity index (χ4n) is 2.84. The van der Waals surface area contributed by atoms with Crippen LogP contribution in [0.4, 0.5) is 5.69 Å². The molecule has 0 saturated heterocycles. The average Bonchev–Trinajstić information content (AvgIpc) is 2.55. The summed E-state index contributed by atoms with van der Waals surface area (Å²) in [5, 5.41) is 6.99. The SMILES string of the molecule is CC1(C)CNc2cc(CCNCCc3ccccc3)ccc2O1. The van der Waals surface area contributed by atoms with Crippen molar-refractivity contribution in [2.75, 3.05) is 25.0 Å². The van der Waals surface area contributed by atoms with E-state index in [1.807, 2.05) is 0 Å². The second-order valence-electron chi connectivity index (χ2n) is 6.78. The van der Waals surface area contributed by atoms with Gasteiger partial charge in [-0.25, -0.2) is 0 Å². The van der Waals surface area contributed by atoms with Crippen molar-refractivity contribution in [2.45, 2.75) is 32.3 Å². The molecule has 0 amide bonds. The summed E-state index contributed by atoms with van der Waals surface area (Å²) in [5.41, 5.74) is 3.71. The Morgan fingerprint density at radius 3 is 2.52 bits per heavy atom. The Morgan fingerprint density at radius 1 is 1.00 bits per heavy atom. The van der Waals surface area contributed by atoms with Crippen molar-refractivity contribution < 1.29 is 4.74 Å². The highest BCUT2D eigenvalue weighted by Crippen LogP contribution is 2.33. The van der Waals surface area contributed by atoms with E-state index >= 15 is 0 Å². The van der Waals surface area contributed by atoms with E-state index in [0.29, 0.717) is 0 Å². The third-order valence-electron chi connectivity index (χ3n) is 4.16. The van der Waals surface area contributed by atoms with Gasteiger partial charge in [0.05, 0.1) is 12.2 Å². The smallest absolute Gasteiger partial charge is 0.143 e. The zero-order valence-corrected chi connectivity index (χ0v) is 14.1. The van der Waals surface area contributed by atoms with Crippen LogP contribution in [0.5, 0.6) is 5.75 Å². The summed E-state index contributed by atoms with van der Waals surface area (Å²) in [6, 6.07) is 17.1. The first-order valence-electron chi connectivity index (χ1n) is 8.43. The number of hydrogen-bond donors (Lipinski definition) is 2. The van der Waals surface area contributed by atoms with Gasteiger partial charge in [0.2, 0.25) is 0 Å². The molecule has 0 saturated carbocycles. The minimum Gasteiger partial charge on any atom is -0.484 e. The number of hydrogen-bond acceptors (Lipinski definition) is 3. The Kier molecular flexibility index (Phi) is 4.87. The van der Waals surface area contributed by atoms with Crippen molar-refractivity contribution in [1.29, 1.82) is 0 Å². The lowest BCUT2D eigenvalue weighted by molar-refractivity contribution is 0.116. The monoisotopic (exact) mass is 310 g/mol. The number of benzene rings is 2. The predicted octanol–water partition coefficient (Wildman–Crippen LogP) is 3.64. The largest absolute Gasteiger partial charge is 0.484 e. The van der Waals surface area contributed by atoms with Gasteiger partial charge in [-0.2, -0.15) is 0 Å². The topological polar surface area (TPSA) is 33.3 Å². The molecule has 23 heavy (non-hydrogen) atoms. The zero-order valence-electron chi connectivity index (χ0n) is 14.1. The number of ether oxygens (including phenoxy) is 1. The maximum absolute atomic E-state index is 5.99. The molecular weight excluding hydrogens is 284 g/mol. The molecule has 0 spiro atoms. The van der Waals surface area contributed by atoms with Crippen LogP contribution in [0, 0.1) is 0 Å². The molecule has 2 N–H and O–H groups in total. The van der Waals surface area contributed by atoms with Gasteiger partial charge in [0.25, 0.3) is 0 Å². The Bertz CT molecular complexity index is 637. The molecule has 3 nitrogen and oxygen atoms in total. The van der Waals surface area contributed by atoms with Crippen molar-refractivity contribution in [3.05, 3.63) is 59.7 Å². The second-order valence-corrected chi connectivity index (χ2v) is 6.78. The molecule has 2 aromatic rings. The lowest BCUT2D eigenvalue weighted by Crippen LogP contribution is -2.40.